The van der Waals surface area contributed by atoms with Crippen LogP contribution in [-0.4, -0.2) is 52.7 Å². The minimum atomic E-state index is -2.83. The number of rotatable bonds is 5. The standard InChI is InChI=1S/C22H22F2N4O3/c1-27(16-5-3-2-4-6-16)18-8-7-15(13-25-18)17(29)14-28-19(30)21(26-20(28)31)9-11-22(23,24)12-10-21/h2-8,13H,9-12,14H2,1H3,(H,26,31). The Morgan fingerprint density at radius 1 is 1.10 bits per heavy atom. The molecule has 0 bridgehead atoms. The zero-order valence-electron chi connectivity index (χ0n) is 17.0. The van der Waals surface area contributed by atoms with Crippen LogP contribution in [0.25, 0.3) is 0 Å². The molecular weight excluding hydrogens is 406 g/mol. The summed E-state index contributed by atoms with van der Waals surface area (Å²) in [6.45, 7) is -0.460. The summed E-state index contributed by atoms with van der Waals surface area (Å²) in [5.41, 5.74) is -0.154. The number of amides is 3. The molecule has 1 N–H and O–H groups in total. The van der Waals surface area contributed by atoms with Gasteiger partial charge in [-0.25, -0.2) is 18.6 Å². The first-order valence-corrected chi connectivity index (χ1v) is 10.0. The Morgan fingerprint density at radius 2 is 1.77 bits per heavy atom. The Morgan fingerprint density at radius 3 is 2.39 bits per heavy atom. The molecule has 1 saturated heterocycles. The van der Waals surface area contributed by atoms with Crippen LogP contribution in [0.5, 0.6) is 0 Å². The van der Waals surface area contributed by atoms with Crippen LogP contribution >= 0.6 is 0 Å². The fraction of sp³-hybridized carbons (Fsp3) is 0.364. The highest BCUT2D eigenvalue weighted by atomic mass is 19.3. The monoisotopic (exact) mass is 428 g/mol. The molecule has 2 aliphatic rings. The summed E-state index contributed by atoms with van der Waals surface area (Å²) < 4.78 is 27.0. The average Bonchev–Trinajstić information content (AvgIpc) is 3.00. The van der Waals surface area contributed by atoms with Gasteiger partial charge in [0.25, 0.3) is 5.91 Å². The highest BCUT2D eigenvalue weighted by molar-refractivity contribution is 6.11. The number of ketones is 1. The van der Waals surface area contributed by atoms with E-state index < -0.39 is 48.6 Å². The highest BCUT2D eigenvalue weighted by Crippen LogP contribution is 2.41. The van der Waals surface area contributed by atoms with E-state index in [2.05, 4.69) is 10.3 Å². The first-order chi connectivity index (χ1) is 14.7. The molecule has 3 amide bonds. The molecule has 0 unspecified atom stereocenters. The molecule has 31 heavy (non-hydrogen) atoms. The second-order valence-electron chi connectivity index (χ2n) is 7.98. The van der Waals surface area contributed by atoms with Crippen molar-refractivity contribution in [3.63, 3.8) is 0 Å². The summed E-state index contributed by atoms with van der Waals surface area (Å²) in [4.78, 5) is 44.8. The van der Waals surface area contributed by atoms with Gasteiger partial charge in [0.05, 0.1) is 6.54 Å². The molecule has 2 heterocycles. The summed E-state index contributed by atoms with van der Waals surface area (Å²) in [7, 11) is 1.85. The lowest BCUT2D eigenvalue weighted by Crippen LogP contribution is -2.51. The number of nitrogens with zero attached hydrogens (tertiary/aromatic N) is 3. The van der Waals surface area contributed by atoms with Gasteiger partial charge in [0.15, 0.2) is 5.78 Å². The summed E-state index contributed by atoms with van der Waals surface area (Å²) in [5, 5.41) is 2.54. The van der Waals surface area contributed by atoms with E-state index in [4.69, 9.17) is 0 Å². The quantitative estimate of drug-likeness (QED) is 0.582. The van der Waals surface area contributed by atoms with Crippen molar-refractivity contribution in [2.75, 3.05) is 18.5 Å². The molecule has 0 atom stereocenters. The molecule has 4 rings (SSSR count). The van der Waals surface area contributed by atoms with Crippen LogP contribution in [0.4, 0.5) is 25.1 Å². The second-order valence-corrected chi connectivity index (χ2v) is 7.98. The fourth-order valence-electron chi connectivity index (χ4n) is 3.97. The van der Waals surface area contributed by atoms with Crippen molar-refractivity contribution < 1.29 is 23.2 Å². The minimum Gasteiger partial charge on any atom is -0.329 e. The van der Waals surface area contributed by atoms with Crippen LogP contribution in [0.15, 0.2) is 48.7 Å². The zero-order chi connectivity index (χ0) is 22.2. The van der Waals surface area contributed by atoms with Gasteiger partial charge < -0.3 is 10.2 Å². The Hall–Kier alpha value is -3.36. The Kier molecular flexibility index (Phi) is 5.20. The van der Waals surface area contributed by atoms with Gasteiger partial charge in [-0.3, -0.25) is 14.5 Å². The first kappa shape index (κ1) is 20.9. The molecule has 0 radical (unpaired) electrons. The number of carbonyl (C=O) groups is 3. The number of urea groups is 1. The van der Waals surface area contributed by atoms with Gasteiger partial charge in [-0.05, 0) is 37.1 Å². The van der Waals surface area contributed by atoms with E-state index >= 15 is 0 Å². The third-order valence-electron chi connectivity index (χ3n) is 5.94. The van der Waals surface area contributed by atoms with Crippen LogP contribution in [0.3, 0.4) is 0 Å². The van der Waals surface area contributed by atoms with Crippen LogP contribution in [-0.2, 0) is 4.79 Å². The lowest BCUT2D eigenvalue weighted by molar-refractivity contribution is -0.135. The number of benzene rings is 1. The summed E-state index contributed by atoms with van der Waals surface area (Å²) in [6, 6.07) is 12.1. The molecule has 9 heteroatoms. The van der Waals surface area contributed by atoms with Crippen molar-refractivity contribution in [3.05, 3.63) is 54.2 Å². The minimum absolute atomic E-state index is 0.142. The molecule has 1 aromatic heterocycles. The maximum absolute atomic E-state index is 13.5. The number of hydrogen-bond acceptors (Lipinski definition) is 5. The molecular formula is C22H22F2N4O3. The molecule has 162 valence electrons. The van der Waals surface area contributed by atoms with Crippen molar-refractivity contribution in [1.82, 2.24) is 15.2 Å². The van der Waals surface area contributed by atoms with Gasteiger partial charge in [0, 0.05) is 37.3 Å². The van der Waals surface area contributed by atoms with Crippen molar-refractivity contribution in [2.45, 2.75) is 37.1 Å². The number of nitrogens with one attached hydrogen (secondary N) is 1. The maximum Gasteiger partial charge on any atom is 0.325 e. The Bertz CT molecular complexity index is 1000. The third kappa shape index (κ3) is 3.99. The molecule has 1 aliphatic heterocycles. The summed E-state index contributed by atoms with van der Waals surface area (Å²) in [5.74, 6) is -3.28. The number of Topliss-reactive ketones (excluding diaryl/α,β-unsaturated/α-hetero) is 1. The smallest absolute Gasteiger partial charge is 0.325 e. The topological polar surface area (TPSA) is 82.6 Å². The number of anilines is 2. The van der Waals surface area contributed by atoms with Crippen molar-refractivity contribution in [3.8, 4) is 0 Å². The molecule has 1 spiro atoms. The molecule has 1 aromatic carbocycles. The lowest BCUT2D eigenvalue weighted by atomic mass is 9.80. The van der Waals surface area contributed by atoms with Crippen molar-refractivity contribution in [2.24, 2.45) is 0 Å². The zero-order valence-corrected chi connectivity index (χ0v) is 17.0. The van der Waals surface area contributed by atoms with Crippen molar-refractivity contribution in [1.29, 1.82) is 0 Å². The average molecular weight is 428 g/mol. The molecule has 7 nitrogen and oxygen atoms in total. The fourth-order valence-corrected chi connectivity index (χ4v) is 3.97. The third-order valence-corrected chi connectivity index (χ3v) is 5.94. The van der Waals surface area contributed by atoms with Gasteiger partial charge in [-0.1, -0.05) is 18.2 Å². The number of carbonyl (C=O) groups excluding carboxylic acids is 3. The van der Waals surface area contributed by atoms with Gasteiger partial charge in [-0.2, -0.15) is 0 Å². The predicted octanol–water partition coefficient (Wildman–Crippen LogP) is 3.53. The van der Waals surface area contributed by atoms with Gasteiger partial charge in [0.1, 0.15) is 11.4 Å². The van der Waals surface area contributed by atoms with E-state index in [-0.39, 0.29) is 18.4 Å². The van der Waals surface area contributed by atoms with Crippen LogP contribution < -0.4 is 10.2 Å². The first-order valence-electron chi connectivity index (χ1n) is 10.0. The predicted molar refractivity (Wildman–Crippen MR) is 109 cm³/mol. The number of alkyl halides is 2. The number of hydrogen-bond donors (Lipinski definition) is 1. The molecule has 1 aliphatic carbocycles. The van der Waals surface area contributed by atoms with E-state index in [0.29, 0.717) is 5.82 Å². The van der Waals surface area contributed by atoms with Crippen molar-refractivity contribution >= 4 is 29.2 Å². The summed E-state index contributed by atoms with van der Waals surface area (Å²) in [6.07, 6.45) is 0.170. The number of halogens is 2. The SMILES string of the molecule is CN(c1ccccc1)c1ccc(C(=O)CN2C(=O)NC3(CCC(F)(F)CC3)C2=O)cn1. The Balaban J connectivity index is 1.44. The van der Waals surface area contributed by atoms with E-state index in [0.717, 1.165) is 10.6 Å². The van der Waals surface area contributed by atoms with Gasteiger partial charge in [0.2, 0.25) is 5.92 Å². The Labute approximate surface area is 178 Å². The van der Waals surface area contributed by atoms with Crippen LogP contribution in [0.1, 0.15) is 36.0 Å². The number of aromatic nitrogens is 1. The van der Waals surface area contributed by atoms with E-state index in [1.807, 2.05) is 42.3 Å². The second kappa shape index (κ2) is 7.72. The van der Waals surface area contributed by atoms with Crippen LogP contribution in [0, 0.1) is 0 Å². The molecule has 2 aromatic rings. The molecule has 2 fully saturated rings. The van der Waals surface area contributed by atoms with E-state index in [1.54, 1.807) is 12.1 Å². The number of imide groups is 1. The lowest BCUT2D eigenvalue weighted by Gasteiger charge is -2.34. The van der Waals surface area contributed by atoms with E-state index in [1.165, 1.54) is 6.20 Å². The maximum atomic E-state index is 13.5. The van der Waals surface area contributed by atoms with Gasteiger partial charge >= 0.3 is 6.03 Å². The summed E-state index contributed by atoms with van der Waals surface area (Å²) >= 11 is 0. The van der Waals surface area contributed by atoms with Crippen LogP contribution in [0.2, 0.25) is 0 Å². The normalized spacial score (nSPS) is 19.4. The largest absolute Gasteiger partial charge is 0.329 e. The highest BCUT2D eigenvalue weighted by Gasteiger charge is 2.55. The van der Waals surface area contributed by atoms with E-state index in [9.17, 15) is 23.2 Å². The number of para-hydroxylation sites is 1. The number of pyridine rings is 1. The molecule has 1 saturated carbocycles. The van der Waals surface area contributed by atoms with Gasteiger partial charge in [-0.15, -0.1) is 0 Å².